The first kappa shape index (κ1) is 16.1. The molecule has 3 nitrogen and oxygen atoms in total. The molecule has 2 amide bonds. The predicted octanol–water partition coefficient (Wildman–Crippen LogP) is 4.78. The molecule has 0 spiro atoms. The van der Waals surface area contributed by atoms with E-state index < -0.39 is 0 Å². The fourth-order valence-electron chi connectivity index (χ4n) is 2.59. The maximum Gasteiger partial charge on any atom is 0.328 e. The van der Waals surface area contributed by atoms with E-state index >= 15 is 0 Å². The van der Waals surface area contributed by atoms with Crippen LogP contribution in [0.4, 0.5) is 16.2 Å². The zero-order valence-corrected chi connectivity index (χ0v) is 13.8. The molecule has 2 aromatic carbocycles. The van der Waals surface area contributed by atoms with E-state index in [-0.39, 0.29) is 6.03 Å². The maximum atomic E-state index is 13.0. The number of carbonyl (C=O) groups excluding carboxylic acids is 1. The lowest BCUT2D eigenvalue weighted by Gasteiger charge is -2.29. The molecule has 0 bridgehead atoms. The molecule has 22 heavy (non-hydrogen) atoms. The molecule has 0 heterocycles. The van der Waals surface area contributed by atoms with Gasteiger partial charge in [-0.05, 0) is 63.1 Å². The Hall–Kier alpha value is -2.29. The third kappa shape index (κ3) is 3.48. The highest BCUT2D eigenvalue weighted by Crippen LogP contribution is 2.22. The molecule has 0 aliphatic carbocycles. The highest BCUT2D eigenvalue weighted by Gasteiger charge is 2.21. The van der Waals surface area contributed by atoms with Crippen LogP contribution in [0.3, 0.4) is 0 Å². The fraction of sp³-hybridized carbons (Fsp3) is 0.316. The molecule has 0 aliphatic heterocycles. The SMILES string of the molecule is CCN(C(=O)N(CC)c1cccc(C)c1)c1cccc(C)c1. The smallest absolute Gasteiger partial charge is 0.294 e. The van der Waals surface area contributed by atoms with Crippen molar-refractivity contribution in [2.24, 2.45) is 0 Å². The molecule has 0 atom stereocenters. The van der Waals surface area contributed by atoms with Gasteiger partial charge >= 0.3 is 6.03 Å². The molecule has 0 saturated carbocycles. The summed E-state index contributed by atoms with van der Waals surface area (Å²) in [7, 11) is 0. The second-order valence-electron chi connectivity index (χ2n) is 5.45. The van der Waals surface area contributed by atoms with Crippen molar-refractivity contribution in [3.63, 3.8) is 0 Å². The third-order valence-electron chi connectivity index (χ3n) is 3.72. The average Bonchev–Trinajstić information content (AvgIpc) is 2.49. The Kier molecular flexibility index (Phi) is 5.21. The van der Waals surface area contributed by atoms with E-state index in [9.17, 15) is 4.79 Å². The van der Waals surface area contributed by atoms with Gasteiger partial charge in [0.05, 0.1) is 0 Å². The second kappa shape index (κ2) is 7.12. The summed E-state index contributed by atoms with van der Waals surface area (Å²) in [4.78, 5) is 16.6. The van der Waals surface area contributed by atoms with Crippen molar-refractivity contribution in [1.82, 2.24) is 0 Å². The number of benzene rings is 2. The van der Waals surface area contributed by atoms with Crippen LogP contribution in [0.5, 0.6) is 0 Å². The van der Waals surface area contributed by atoms with Gasteiger partial charge in [0.25, 0.3) is 0 Å². The summed E-state index contributed by atoms with van der Waals surface area (Å²) in [5.74, 6) is 0. The lowest BCUT2D eigenvalue weighted by molar-refractivity contribution is 0.252. The van der Waals surface area contributed by atoms with Crippen LogP contribution < -0.4 is 9.80 Å². The minimum atomic E-state index is 0.0150. The molecule has 0 saturated heterocycles. The van der Waals surface area contributed by atoms with Crippen molar-refractivity contribution in [2.45, 2.75) is 27.7 Å². The summed E-state index contributed by atoms with van der Waals surface area (Å²) in [6, 6.07) is 16.1. The molecule has 116 valence electrons. The molecule has 0 N–H and O–H groups in total. The minimum Gasteiger partial charge on any atom is -0.294 e. The number of nitrogens with zero attached hydrogens (tertiary/aromatic N) is 2. The topological polar surface area (TPSA) is 23.6 Å². The highest BCUT2D eigenvalue weighted by molar-refractivity contribution is 6.03. The van der Waals surface area contributed by atoms with Crippen LogP contribution in [0.25, 0.3) is 0 Å². The van der Waals surface area contributed by atoms with Gasteiger partial charge in [0.15, 0.2) is 0 Å². The normalized spacial score (nSPS) is 10.4. The van der Waals surface area contributed by atoms with Gasteiger partial charge in [0.2, 0.25) is 0 Å². The van der Waals surface area contributed by atoms with Crippen LogP contribution >= 0.6 is 0 Å². The van der Waals surface area contributed by atoms with E-state index in [4.69, 9.17) is 0 Å². The van der Waals surface area contributed by atoms with Gasteiger partial charge in [-0.25, -0.2) is 4.79 Å². The molecule has 0 aromatic heterocycles. The standard InChI is InChI=1S/C19H24N2O/c1-5-20(17-11-7-9-15(3)13-17)19(22)21(6-2)18-12-8-10-16(4)14-18/h7-14H,5-6H2,1-4H3. The molecular formula is C19H24N2O. The molecule has 0 radical (unpaired) electrons. The number of urea groups is 1. The maximum absolute atomic E-state index is 13.0. The Morgan fingerprint density at radius 3 is 1.55 bits per heavy atom. The van der Waals surface area contributed by atoms with Crippen molar-refractivity contribution in [2.75, 3.05) is 22.9 Å². The van der Waals surface area contributed by atoms with E-state index in [2.05, 4.69) is 0 Å². The molecule has 2 rings (SSSR count). The average molecular weight is 296 g/mol. The van der Waals surface area contributed by atoms with Crippen LogP contribution in [0.2, 0.25) is 0 Å². The Bertz CT molecular complexity index is 596. The lowest BCUT2D eigenvalue weighted by Crippen LogP contribution is -2.43. The molecular weight excluding hydrogens is 272 g/mol. The number of amides is 2. The van der Waals surface area contributed by atoms with E-state index in [1.54, 1.807) is 0 Å². The van der Waals surface area contributed by atoms with Crippen molar-refractivity contribution in [3.05, 3.63) is 59.7 Å². The van der Waals surface area contributed by atoms with E-state index in [0.717, 1.165) is 22.5 Å². The van der Waals surface area contributed by atoms with E-state index in [1.807, 2.05) is 86.0 Å². The number of aryl methyl sites for hydroxylation is 2. The lowest BCUT2D eigenvalue weighted by atomic mass is 10.2. The van der Waals surface area contributed by atoms with Crippen LogP contribution in [-0.2, 0) is 0 Å². The quantitative estimate of drug-likeness (QED) is 0.796. The van der Waals surface area contributed by atoms with Crippen LogP contribution in [0.1, 0.15) is 25.0 Å². The zero-order valence-electron chi connectivity index (χ0n) is 13.8. The van der Waals surface area contributed by atoms with Gasteiger partial charge in [-0.1, -0.05) is 24.3 Å². The largest absolute Gasteiger partial charge is 0.328 e. The minimum absolute atomic E-state index is 0.0150. The number of hydrogen-bond donors (Lipinski definition) is 0. The number of rotatable bonds is 4. The molecule has 0 unspecified atom stereocenters. The van der Waals surface area contributed by atoms with Gasteiger partial charge in [0.1, 0.15) is 0 Å². The summed E-state index contributed by atoms with van der Waals surface area (Å²) in [6.07, 6.45) is 0. The Balaban J connectivity index is 2.33. The van der Waals surface area contributed by atoms with Gasteiger partial charge in [-0.3, -0.25) is 9.80 Å². The monoisotopic (exact) mass is 296 g/mol. The van der Waals surface area contributed by atoms with Crippen molar-refractivity contribution >= 4 is 17.4 Å². The first-order valence-electron chi connectivity index (χ1n) is 7.79. The Labute approximate surface area is 133 Å². The second-order valence-corrected chi connectivity index (χ2v) is 5.45. The summed E-state index contributed by atoms with van der Waals surface area (Å²) >= 11 is 0. The van der Waals surface area contributed by atoms with Gasteiger partial charge in [0, 0.05) is 24.5 Å². The van der Waals surface area contributed by atoms with E-state index in [1.165, 1.54) is 0 Å². The fourth-order valence-corrected chi connectivity index (χ4v) is 2.59. The van der Waals surface area contributed by atoms with Gasteiger partial charge in [-0.2, -0.15) is 0 Å². The summed E-state index contributed by atoms with van der Waals surface area (Å²) in [5.41, 5.74) is 4.20. The Morgan fingerprint density at radius 2 is 1.23 bits per heavy atom. The predicted molar refractivity (Wildman–Crippen MR) is 93.8 cm³/mol. The molecule has 2 aromatic rings. The third-order valence-corrected chi connectivity index (χ3v) is 3.72. The van der Waals surface area contributed by atoms with Gasteiger partial charge < -0.3 is 0 Å². The van der Waals surface area contributed by atoms with Crippen molar-refractivity contribution in [3.8, 4) is 0 Å². The summed E-state index contributed by atoms with van der Waals surface area (Å²) < 4.78 is 0. The first-order valence-corrected chi connectivity index (χ1v) is 7.79. The van der Waals surface area contributed by atoms with E-state index in [0.29, 0.717) is 13.1 Å². The number of hydrogen-bond acceptors (Lipinski definition) is 1. The van der Waals surface area contributed by atoms with Crippen molar-refractivity contribution < 1.29 is 4.79 Å². The van der Waals surface area contributed by atoms with Crippen LogP contribution in [0.15, 0.2) is 48.5 Å². The zero-order chi connectivity index (χ0) is 16.1. The molecule has 0 fully saturated rings. The molecule has 0 aliphatic rings. The molecule has 3 heteroatoms. The summed E-state index contributed by atoms with van der Waals surface area (Å²) in [5, 5.41) is 0. The van der Waals surface area contributed by atoms with Gasteiger partial charge in [-0.15, -0.1) is 0 Å². The number of carbonyl (C=O) groups is 1. The highest BCUT2D eigenvalue weighted by atomic mass is 16.2. The number of anilines is 2. The first-order chi connectivity index (χ1) is 10.6. The van der Waals surface area contributed by atoms with Crippen LogP contribution in [0, 0.1) is 13.8 Å². The van der Waals surface area contributed by atoms with Crippen LogP contribution in [-0.4, -0.2) is 19.1 Å². The summed E-state index contributed by atoms with van der Waals surface area (Å²) in [6.45, 7) is 9.38. The Morgan fingerprint density at radius 1 is 0.818 bits per heavy atom. The van der Waals surface area contributed by atoms with Crippen molar-refractivity contribution in [1.29, 1.82) is 0 Å².